The minimum atomic E-state index is 0.552. The molecule has 0 heterocycles. The van der Waals surface area contributed by atoms with Crippen molar-refractivity contribution in [3.05, 3.63) is 29.3 Å². The van der Waals surface area contributed by atoms with Crippen molar-refractivity contribution in [3.63, 3.8) is 0 Å². The van der Waals surface area contributed by atoms with Crippen molar-refractivity contribution in [2.75, 3.05) is 11.4 Å². The molecular formula is C14H15N3. The second kappa shape index (κ2) is 4.89. The van der Waals surface area contributed by atoms with Gasteiger partial charge in [-0.05, 0) is 43.5 Å². The molecule has 86 valence electrons. The van der Waals surface area contributed by atoms with Gasteiger partial charge in [0, 0.05) is 18.3 Å². The lowest BCUT2D eigenvalue weighted by Crippen LogP contribution is -2.27. The number of rotatable bonds is 4. The summed E-state index contributed by atoms with van der Waals surface area (Å²) in [6.07, 6.45) is 2.98. The molecule has 0 bridgehead atoms. The lowest BCUT2D eigenvalue weighted by atomic mass is 10.1. The van der Waals surface area contributed by atoms with Crippen LogP contribution in [-0.4, -0.2) is 12.6 Å². The van der Waals surface area contributed by atoms with Gasteiger partial charge in [-0.1, -0.05) is 0 Å². The fraction of sp³-hybridized carbons (Fsp3) is 0.429. The Kier molecular flexibility index (Phi) is 3.30. The molecule has 0 N–H and O–H groups in total. The second-order valence-electron chi connectivity index (χ2n) is 4.45. The van der Waals surface area contributed by atoms with E-state index in [1.165, 1.54) is 18.5 Å². The molecule has 3 heteroatoms. The predicted molar refractivity (Wildman–Crippen MR) is 66.5 cm³/mol. The lowest BCUT2D eigenvalue weighted by Gasteiger charge is -2.25. The van der Waals surface area contributed by atoms with Gasteiger partial charge in [0.25, 0.3) is 0 Å². The van der Waals surface area contributed by atoms with Crippen LogP contribution in [0.2, 0.25) is 0 Å². The fourth-order valence-electron chi connectivity index (χ4n) is 2.10. The number of nitrogens with zero attached hydrogens (tertiary/aromatic N) is 3. The van der Waals surface area contributed by atoms with E-state index in [0.29, 0.717) is 18.0 Å². The van der Waals surface area contributed by atoms with Crippen LogP contribution in [0.5, 0.6) is 0 Å². The molecule has 0 spiro atoms. The molecule has 1 saturated carbocycles. The smallest absolute Gasteiger partial charge is 0.0991 e. The maximum Gasteiger partial charge on any atom is 0.0991 e. The van der Waals surface area contributed by atoms with Crippen LogP contribution in [-0.2, 0) is 0 Å². The van der Waals surface area contributed by atoms with Crippen LogP contribution < -0.4 is 4.90 Å². The fourth-order valence-corrected chi connectivity index (χ4v) is 2.10. The first kappa shape index (κ1) is 11.5. The molecule has 0 aliphatic heterocycles. The highest BCUT2D eigenvalue weighted by Crippen LogP contribution is 2.33. The van der Waals surface area contributed by atoms with Gasteiger partial charge < -0.3 is 4.90 Å². The van der Waals surface area contributed by atoms with Gasteiger partial charge in [0.05, 0.1) is 24.1 Å². The Bertz CT molecular complexity index is 489. The van der Waals surface area contributed by atoms with E-state index < -0.39 is 0 Å². The molecule has 0 unspecified atom stereocenters. The molecule has 3 nitrogen and oxygen atoms in total. The number of hydrogen-bond donors (Lipinski definition) is 0. The van der Waals surface area contributed by atoms with Gasteiger partial charge >= 0.3 is 0 Å². The summed E-state index contributed by atoms with van der Waals surface area (Å²) in [5, 5.41) is 17.5. The maximum atomic E-state index is 8.85. The van der Waals surface area contributed by atoms with Crippen LogP contribution in [0.1, 0.15) is 30.4 Å². The van der Waals surface area contributed by atoms with Gasteiger partial charge in [0.15, 0.2) is 0 Å². The van der Waals surface area contributed by atoms with Crippen molar-refractivity contribution in [3.8, 4) is 12.1 Å². The van der Waals surface area contributed by atoms with E-state index >= 15 is 0 Å². The van der Waals surface area contributed by atoms with Crippen LogP contribution in [0.3, 0.4) is 0 Å². The van der Waals surface area contributed by atoms with E-state index in [1.807, 2.05) is 25.1 Å². The zero-order chi connectivity index (χ0) is 12.3. The lowest BCUT2D eigenvalue weighted by molar-refractivity contribution is 0.790. The zero-order valence-corrected chi connectivity index (χ0v) is 9.98. The molecule has 0 radical (unpaired) electrons. The molecular weight excluding hydrogens is 210 g/mol. The first-order valence-electron chi connectivity index (χ1n) is 5.90. The van der Waals surface area contributed by atoms with E-state index in [1.54, 1.807) is 0 Å². The zero-order valence-electron chi connectivity index (χ0n) is 9.98. The van der Waals surface area contributed by atoms with Crippen molar-refractivity contribution in [2.45, 2.75) is 32.2 Å². The molecule has 1 aliphatic carbocycles. The molecule has 0 atom stereocenters. The number of nitriles is 2. The Morgan fingerprint density at radius 2 is 2.12 bits per heavy atom. The number of anilines is 1. The number of benzene rings is 1. The summed E-state index contributed by atoms with van der Waals surface area (Å²) in [6, 6.07) is 10.7. The Morgan fingerprint density at radius 1 is 1.35 bits per heavy atom. The van der Waals surface area contributed by atoms with Crippen LogP contribution >= 0.6 is 0 Å². The van der Waals surface area contributed by atoms with Crippen molar-refractivity contribution >= 4 is 5.69 Å². The van der Waals surface area contributed by atoms with Crippen LogP contribution in [0.4, 0.5) is 5.69 Å². The van der Waals surface area contributed by atoms with Gasteiger partial charge in [0.2, 0.25) is 0 Å². The number of hydrogen-bond acceptors (Lipinski definition) is 3. The molecule has 17 heavy (non-hydrogen) atoms. The second-order valence-corrected chi connectivity index (χ2v) is 4.45. The summed E-state index contributed by atoms with van der Waals surface area (Å²) >= 11 is 0. The Balaban J connectivity index is 2.24. The summed E-state index contributed by atoms with van der Waals surface area (Å²) in [4.78, 5) is 2.31. The molecule has 0 amide bonds. The topological polar surface area (TPSA) is 50.8 Å². The first-order valence-corrected chi connectivity index (χ1v) is 5.90. The Morgan fingerprint density at radius 3 is 2.65 bits per heavy atom. The highest BCUT2D eigenvalue weighted by atomic mass is 15.2. The van der Waals surface area contributed by atoms with Crippen molar-refractivity contribution in [1.29, 1.82) is 10.5 Å². The Hall–Kier alpha value is -2.00. The molecule has 1 fully saturated rings. The normalized spacial score (nSPS) is 13.8. The van der Waals surface area contributed by atoms with Gasteiger partial charge in [-0.25, -0.2) is 0 Å². The molecule has 0 saturated heterocycles. The monoisotopic (exact) mass is 225 g/mol. The van der Waals surface area contributed by atoms with E-state index in [2.05, 4.69) is 17.0 Å². The molecule has 1 aromatic carbocycles. The van der Waals surface area contributed by atoms with Gasteiger partial charge in [-0.15, -0.1) is 0 Å². The third-order valence-electron chi connectivity index (χ3n) is 3.09. The molecule has 0 aromatic heterocycles. The summed E-state index contributed by atoms with van der Waals surface area (Å²) < 4.78 is 0. The maximum absolute atomic E-state index is 8.85. The first-order chi connectivity index (χ1) is 8.26. The minimum absolute atomic E-state index is 0.552. The van der Waals surface area contributed by atoms with Crippen LogP contribution in [0, 0.1) is 29.6 Å². The predicted octanol–water partition coefficient (Wildman–Crippen LogP) is 2.75. The van der Waals surface area contributed by atoms with Gasteiger partial charge in [0.1, 0.15) is 0 Å². The SMILES string of the molecule is Cc1cc(C#N)ccc1N(CCC#N)C1CC1. The van der Waals surface area contributed by atoms with Crippen LogP contribution in [0.15, 0.2) is 18.2 Å². The third-order valence-corrected chi connectivity index (χ3v) is 3.09. The number of aryl methyl sites for hydroxylation is 1. The van der Waals surface area contributed by atoms with Gasteiger partial charge in [-0.3, -0.25) is 0 Å². The average Bonchev–Trinajstić information content (AvgIpc) is 3.15. The van der Waals surface area contributed by atoms with Crippen molar-refractivity contribution in [1.82, 2.24) is 0 Å². The van der Waals surface area contributed by atoms with Crippen molar-refractivity contribution in [2.24, 2.45) is 0 Å². The summed E-state index contributed by atoms with van der Waals surface area (Å²) in [7, 11) is 0. The molecule has 1 aliphatic rings. The molecule has 2 rings (SSSR count). The van der Waals surface area contributed by atoms with E-state index in [9.17, 15) is 0 Å². The minimum Gasteiger partial charge on any atom is -0.367 e. The van der Waals surface area contributed by atoms with Crippen LogP contribution in [0.25, 0.3) is 0 Å². The summed E-state index contributed by atoms with van der Waals surface area (Å²) in [5.41, 5.74) is 2.98. The third kappa shape index (κ3) is 2.57. The molecule has 1 aromatic rings. The highest BCUT2D eigenvalue weighted by molar-refractivity contribution is 5.57. The van der Waals surface area contributed by atoms with Crippen molar-refractivity contribution < 1.29 is 0 Å². The van der Waals surface area contributed by atoms with Gasteiger partial charge in [-0.2, -0.15) is 10.5 Å². The summed E-state index contributed by atoms with van der Waals surface area (Å²) in [5.74, 6) is 0. The van der Waals surface area contributed by atoms with E-state index in [-0.39, 0.29) is 0 Å². The highest BCUT2D eigenvalue weighted by Gasteiger charge is 2.29. The average molecular weight is 225 g/mol. The van der Waals surface area contributed by atoms with E-state index in [0.717, 1.165) is 12.1 Å². The van der Waals surface area contributed by atoms with E-state index in [4.69, 9.17) is 10.5 Å². The quantitative estimate of drug-likeness (QED) is 0.791. The Labute approximate surface area is 102 Å². The largest absolute Gasteiger partial charge is 0.367 e. The summed E-state index contributed by atoms with van der Waals surface area (Å²) in [6.45, 7) is 2.81. The standard InChI is InChI=1S/C14H15N3/c1-11-9-12(10-16)3-6-14(11)17(8-2-7-15)13-4-5-13/h3,6,9,13H,2,4-5,8H2,1H3.